The van der Waals surface area contributed by atoms with Gasteiger partial charge in [-0.3, -0.25) is 4.99 Å². The highest BCUT2D eigenvalue weighted by molar-refractivity contribution is 7.90. The Hall–Kier alpha value is -2.41. The average molecular weight is 363 g/mol. The molecule has 0 saturated carbocycles. The van der Waals surface area contributed by atoms with Crippen molar-refractivity contribution in [1.29, 1.82) is 0 Å². The molecule has 0 heterocycles. The summed E-state index contributed by atoms with van der Waals surface area (Å²) in [6.45, 7) is 1.02. The summed E-state index contributed by atoms with van der Waals surface area (Å²) < 4.78 is 36.2. The maximum Gasteiger partial charge on any atom is 0.193 e. The molecule has 0 unspecified atom stereocenters. The normalized spacial score (nSPS) is 12.1. The zero-order valence-electron chi connectivity index (χ0n) is 14.5. The number of halogens is 1. The number of rotatable bonds is 5. The standard InChI is InChI=1S/C18H22FN3O2S/c1-20-18(22(2)13-15-5-4-6-16(19)11-15)21-12-14-7-9-17(10-8-14)25(3,23)24/h4-11H,12-13H2,1-3H3,(H,20,21). The number of sulfone groups is 1. The van der Waals surface area contributed by atoms with Crippen LogP contribution in [0.4, 0.5) is 4.39 Å². The predicted octanol–water partition coefficient (Wildman–Crippen LogP) is 2.44. The highest BCUT2D eigenvalue weighted by atomic mass is 32.2. The third kappa shape index (κ3) is 5.56. The summed E-state index contributed by atoms with van der Waals surface area (Å²) in [7, 11) is 0.356. The van der Waals surface area contributed by atoms with Gasteiger partial charge >= 0.3 is 0 Å². The molecule has 0 spiro atoms. The molecular formula is C18H22FN3O2S. The molecule has 0 aliphatic carbocycles. The van der Waals surface area contributed by atoms with Crippen LogP contribution < -0.4 is 5.32 Å². The van der Waals surface area contributed by atoms with Crippen molar-refractivity contribution in [2.75, 3.05) is 20.4 Å². The average Bonchev–Trinajstić information content (AvgIpc) is 2.55. The van der Waals surface area contributed by atoms with Crippen molar-refractivity contribution in [2.45, 2.75) is 18.0 Å². The number of guanidine groups is 1. The number of hydrogen-bond acceptors (Lipinski definition) is 3. The molecule has 0 radical (unpaired) electrons. The van der Waals surface area contributed by atoms with E-state index in [2.05, 4.69) is 10.3 Å². The summed E-state index contributed by atoms with van der Waals surface area (Å²) >= 11 is 0. The lowest BCUT2D eigenvalue weighted by atomic mass is 10.2. The van der Waals surface area contributed by atoms with Gasteiger partial charge in [-0.1, -0.05) is 24.3 Å². The zero-order valence-corrected chi connectivity index (χ0v) is 15.3. The van der Waals surface area contributed by atoms with Crippen LogP contribution in [0.2, 0.25) is 0 Å². The van der Waals surface area contributed by atoms with Crippen LogP contribution in [-0.2, 0) is 22.9 Å². The second kappa shape index (κ2) is 8.11. The van der Waals surface area contributed by atoms with E-state index in [1.807, 2.05) is 18.0 Å². The van der Waals surface area contributed by atoms with Crippen molar-refractivity contribution >= 4 is 15.8 Å². The second-order valence-corrected chi connectivity index (χ2v) is 7.82. The van der Waals surface area contributed by atoms with Gasteiger partial charge in [-0.25, -0.2) is 12.8 Å². The first-order chi connectivity index (χ1) is 11.8. The van der Waals surface area contributed by atoms with Crippen LogP contribution in [0.1, 0.15) is 11.1 Å². The Morgan fingerprint density at radius 2 is 1.84 bits per heavy atom. The lowest BCUT2D eigenvalue weighted by Crippen LogP contribution is -2.38. The Morgan fingerprint density at radius 3 is 2.40 bits per heavy atom. The molecule has 0 bridgehead atoms. The molecule has 5 nitrogen and oxygen atoms in total. The van der Waals surface area contributed by atoms with Gasteiger partial charge in [0.15, 0.2) is 15.8 Å². The van der Waals surface area contributed by atoms with Crippen molar-refractivity contribution in [3.05, 3.63) is 65.5 Å². The molecule has 25 heavy (non-hydrogen) atoms. The van der Waals surface area contributed by atoms with E-state index in [1.54, 1.807) is 37.4 Å². The van der Waals surface area contributed by atoms with Crippen LogP contribution in [0.25, 0.3) is 0 Å². The predicted molar refractivity (Wildman–Crippen MR) is 97.6 cm³/mol. The fourth-order valence-corrected chi connectivity index (χ4v) is 3.03. The summed E-state index contributed by atoms with van der Waals surface area (Å²) in [4.78, 5) is 6.40. The molecule has 1 N–H and O–H groups in total. The van der Waals surface area contributed by atoms with E-state index >= 15 is 0 Å². The van der Waals surface area contributed by atoms with Crippen LogP contribution >= 0.6 is 0 Å². The molecule has 0 fully saturated rings. The molecule has 2 aromatic carbocycles. The van der Waals surface area contributed by atoms with Gasteiger partial charge in [-0.15, -0.1) is 0 Å². The quantitative estimate of drug-likeness (QED) is 0.655. The fourth-order valence-electron chi connectivity index (χ4n) is 2.40. The number of nitrogens with zero attached hydrogens (tertiary/aromatic N) is 2. The van der Waals surface area contributed by atoms with Crippen LogP contribution in [0.5, 0.6) is 0 Å². The van der Waals surface area contributed by atoms with Gasteiger partial charge in [0.05, 0.1) is 4.90 Å². The highest BCUT2D eigenvalue weighted by Gasteiger charge is 2.09. The second-order valence-electron chi connectivity index (χ2n) is 5.80. The van der Waals surface area contributed by atoms with E-state index < -0.39 is 9.84 Å². The Balaban J connectivity index is 1.97. The zero-order chi connectivity index (χ0) is 18.4. The third-order valence-corrected chi connectivity index (χ3v) is 4.81. The number of nitrogens with one attached hydrogen (secondary N) is 1. The number of aliphatic imine (C=N–C) groups is 1. The van der Waals surface area contributed by atoms with Crippen molar-refractivity contribution in [3.63, 3.8) is 0 Å². The maximum absolute atomic E-state index is 13.3. The SMILES string of the molecule is CN=C(NCc1ccc(S(C)(=O)=O)cc1)N(C)Cc1cccc(F)c1. The van der Waals surface area contributed by atoms with Crippen molar-refractivity contribution in [1.82, 2.24) is 10.2 Å². The van der Waals surface area contributed by atoms with Gasteiger partial charge in [0.25, 0.3) is 0 Å². The first-order valence-electron chi connectivity index (χ1n) is 7.75. The Morgan fingerprint density at radius 1 is 1.16 bits per heavy atom. The van der Waals surface area contributed by atoms with Gasteiger partial charge in [0, 0.05) is 33.4 Å². The topological polar surface area (TPSA) is 61.8 Å². The first kappa shape index (κ1) is 18.9. The van der Waals surface area contributed by atoms with Crippen molar-refractivity contribution in [2.24, 2.45) is 4.99 Å². The minimum Gasteiger partial charge on any atom is -0.352 e. The number of hydrogen-bond donors (Lipinski definition) is 1. The minimum atomic E-state index is -3.19. The minimum absolute atomic E-state index is 0.264. The first-order valence-corrected chi connectivity index (χ1v) is 9.64. The van der Waals surface area contributed by atoms with E-state index in [0.717, 1.165) is 11.1 Å². The molecule has 0 atom stereocenters. The van der Waals surface area contributed by atoms with E-state index in [4.69, 9.17) is 0 Å². The van der Waals surface area contributed by atoms with Crippen LogP contribution in [0.3, 0.4) is 0 Å². The third-order valence-electron chi connectivity index (χ3n) is 3.68. The molecule has 0 aliphatic rings. The fraction of sp³-hybridized carbons (Fsp3) is 0.278. The molecule has 0 aliphatic heterocycles. The summed E-state index contributed by atoms with van der Waals surface area (Å²) in [5.41, 5.74) is 1.79. The van der Waals surface area contributed by atoms with Crippen LogP contribution in [0.15, 0.2) is 58.4 Å². The summed E-state index contributed by atoms with van der Waals surface area (Å²) in [6.07, 6.45) is 1.18. The van der Waals surface area contributed by atoms with Gasteiger partial charge in [0.1, 0.15) is 5.82 Å². The molecule has 134 valence electrons. The van der Waals surface area contributed by atoms with Gasteiger partial charge in [-0.2, -0.15) is 0 Å². The molecular weight excluding hydrogens is 341 g/mol. The summed E-state index contributed by atoms with van der Waals surface area (Å²) in [6, 6.07) is 13.2. The monoisotopic (exact) mass is 363 g/mol. The Labute approximate surface area is 148 Å². The van der Waals surface area contributed by atoms with E-state index in [1.165, 1.54) is 18.4 Å². The van der Waals surface area contributed by atoms with E-state index in [-0.39, 0.29) is 5.82 Å². The smallest absolute Gasteiger partial charge is 0.193 e. The number of benzene rings is 2. The van der Waals surface area contributed by atoms with Gasteiger partial charge < -0.3 is 10.2 Å². The van der Waals surface area contributed by atoms with Crippen LogP contribution in [-0.4, -0.2) is 39.6 Å². The van der Waals surface area contributed by atoms with Crippen molar-refractivity contribution in [3.8, 4) is 0 Å². The van der Waals surface area contributed by atoms with Gasteiger partial charge in [-0.05, 0) is 35.4 Å². The van der Waals surface area contributed by atoms with Gasteiger partial charge in [0.2, 0.25) is 0 Å². The van der Waals surface area contributed by atoms with E-state index in [0.29, 0.717) is 23.9 Å². The Bertz CT molecular complexity index is 849. The summed E-state index contributed by atoms with van der Waals surface area (Å²) in [5.74, 6) is 0.399. The molecule has 0 saturated heterocycles. The lowest BCUT2D eigenvalue weighted by Gasteiger charge is -2.22. The van der Waals surface area contributed by atoms with E-state index in [9.17, 15) is 12.8 Å². The Kier molecular flexibility index (Phi) is 6.14. The molecule has 0 aromatic heterocycles. The highest BCUT2D eigenvalue weighted by Crippen LogP contribution is 2.11. The van der Waals surface area contributed by atoms with Crippen molar-refractivity contribution < 1.29 is 12.8 Å². The van der Waals surface area contributed by atoms with Crippen LogP contribution in [0, 0.1) is 5.82 Å². The summed E-state index contributed by atoms with van der Waals surface area (Å²) in [5, 5.41) is 3.21. The molecule has 0 amide bonds. The maximum atomic E-state index is 13.3. The lowest BCUT2D eigenvalue weighted by molar-refractivity contribution is 0.474. The molecule has 2 rings (SSSR count). The molecule has 7 heteroatoms. The molecule has 2 aromatic rings. The largest absolute Gasteiger partial charge is 0.352 e.